The lowest BCUT2D eigenvalue weighted by Gasteiger charge is -2.28. The predicted octanol–water partition coefficient (Wildman–Crippen LogP) is 4.45. The maximum absolute atomic E-state index is 12.5. The number of aliphatic carboxylic acids is 1. The van der Waals surface area contributed by atoms with Crippen molar-refractivity contribution in [3.8, 4) is 0 Å². The van der Waals surface area contributed by atoms with E-state index in [1.54, 1.807) is 0 Å². The van der Waals surface area contributed by atoms with E-state index < -0.39 is 17.7 Å². The number of alkyl halides is 3. The van der Waals surface area contributed by atoms with Crippen molar-refractivity contribution in [2.45, 2.75) is 44.2 Å². The molecular formula is C15H17F3O2. The molecule has 0 saturated heterocycles. The maximum Gasteiger partial charge on any atom is 0.416 e. The summed E-state index contributed by atoms with van der Waals surface area (Å²) in [7, 11) is 0. The van der Waals surface area contributed by atoms with Crippen molar-refractivity contribution in [1.82, 2.24) is 0 Å². The normalized spacial score (nSPS) is 23.6. The Morgan fingerprint density at radius 2 is 1.85 bits per heavy atom. The fourth-order valence-electron chi connectivity index (χ4n) is 2.97. The largest absolute Gasteiger partial charge is 0.481 e. The van der Waals surface area contributed by atoms with Gasteiger partial charge in [0.25, 0.3) is 0 Å². The molecule has 1 N–H and O–H groups in total. The van der Waals surface area contributed by atoms with E-state index in [2.05, 4.69) is 0 Å². The number of carboxylic acids is 1. The van der Waals surface area contributed by atoms with E-state index in [0.717, 1.165) is 43.4 Å². The van der Waals surface area contributed by atoms with Crippen LogP contribution in [0.25, 0.3) is 0 Å². The minimum Gasteiger partial charge on any atom is -0.481 e. The van der Waals surface area contributed by atoms with Crippen molar-refractivity contribution >= 4 is 5.97 Å². The molecule has 1 aromatic carbocycles. The molecule has 2 atom stereocenters. The number of benzene rings is 1. The van der Waals surface area contributed by atoms with Crippen LogP contribution in [-0.2, 0) is 11.0 Å². The summed E-state index contributed by atoms with van der Waals surface area (Å²) < 4.78 is 37.5. The van der Waals surface area contributed by atoms with E-state index in [1.807, 2.05) is 0 Å². The van der Waals surface area contributed by atoms with Crippen LogP contribution >= 0.6 is 0 Å². The summed E-state index contributed by atoms with van der Waals surface area (Å²) in [5, 5.41) is 8.82. The topological polar surface area (TPSA) is 37.3 Å². The lowest BCUT2D eigenvalue weighted by molar-refractivity contribution is -0.139. The highest BCUT2D eigenvalue weighted by Crippen LogP contribution is 2.38. The Labute approximate surface area is 115 Å². The number of hydrogen-bond donors (Lipinski definition) is 1. The molecular weight excluding hydrogens is 269 g/mol. The lowest BCUT2D eigenvalue weighted by Crippen LogP contribution is -2.17. The smallest absolute Gasteiger partial charge is 0.416 e. The van der Waals surface area contributed by atoms with Gasteiger partial charge in [-0.05, 0) is 48.8 Å². The second-order valence-corrected chi connectivity index (χ2v) is 5.45. The number of carboxylic acid groups (broad SMARTS) is 1. The van der Waals surface area contributed by atoms with E-state index in [-0.39, 0.29) is 18.3 Å². The van der Waals surface area contributed by atoms with Gasteiger partial charge in [0.15, 0.2) is 0 Å². The van der Waals surface area contributed by atoms with E-state index in [9.17, 15) is 18.0 Å². The first-order chi connectivity index (χ1) is 9.36. The second-order valence-electron chi connectivity index (χ2n) is 5.45. The molecule has 1 saturated carbocycles. The monoisotopic (exact) mass is 286 g/mol. The van der Waals surface area contributed by atoms with Gasteiger partial charge in [0, 0.05) is 6.42 Å². The molecule has 0 heterocycles. The standard InChI is InChI=1S/C15H17F3O2/c16-15(17,18)13-6-4-11(5-7-13)12-3-1-2-10(8-12)9-14(19)20/h4-7,10,12H,1-3,8-9H2,(H,19,20)/t10-,12+/m1/s1. The molecule has 0 spiro atoms. The van der Waals surface area contributed by atoms with E-state index in [4.69, 9.17) is 5.11 Å². The van der Waals surface area contributed by atoms with E-state index in [0.29, 0.717) is 0 Å². The molecule has 5 heteroatoms. The highest BCUT2D eigenvalue weighted by Gasteiger charge is 2.31. The van der Waals surface area contributed by atoms with Gasteiger partial charge in [0.05, 0.1) is 5.56 Å². The third-order valence-electron chi connectivity index (χ3n) is 3.96. The SMILES string of the molecule is O=C(O)C[C@@H]1CCC[C@H](c2ccc(C(F)(F)F)cc2)C1. The molecule has 0 unspecified atom stereocenters. The molecule has 0 bridgehead atoms. The summed E-state index contributed by atoms with van der Waals surface area (Å²) in [6, 6.07) is 5.26. The summed E-state index contributed by atoms with van der Waals surface area (Å²) in [6.07, 6.45) is -0.666. The quantitative estimate of drug-likeness (QED) is 0.891. The molecule has 1 aromatic rings. The average molecular weight is 286 g/mol. The molecule has 1 aliphatic rings. The van der Waals surface area contributed by atoms with Gasteiger partial charge in [-0.1, -0.05) is 18.6 Å². The Bertz CT molecular complexity index is 465. The first kappa shape index (κ1) is 14.9. The maximum atomic E-state index is 12.5. The summed E-state index contributed by atoms with van der Waals surface area (Å²) in [5.74, 6) is -0.494. The molecule has 0 aromatic heterocycles. The molecule has 110 valence electrons. The van der Waals surface area contributed by atoms with Crippen LogP contribution < -0.4 is 0 Å². The van der Waals surface area contributed by atoms with Crippen LogP contribution in [0.2, 0.25) is 0 Å². The van der Waals surface area contributed by atoms with Gasteiger partial charge in [-0.15, -0.1) is 0 Å². The fraction of sp³-hybridized carbons (Fsp3) is 0.533. The van der Waals surface area contributed by atoms with Crippen LogP contribution in [0.4, 0.5) is 13.2 Å². The number of hydrogen-bond acceptors (Lipinski definition) is 1. The first-order valence-corrected chi connectivity index (χ1v) is 6.75. The summed E-state index contributed by atoms with van der Waals surface area (Å²) in [5.41, 5.74) is 0.243. The Kier molecular flexibility index (Phi) is 4.35. The zero-order valence-corrected chi connectivity index (χ0v) is 11.0. The second kappa shape index (κ2) is 5.85. The Balaban J connectivity index is 2.05. The Hall–Kier alpha value is -1.52. The van der Waals surface area contributed by atoms with Gasteiger partial charge in [0.1, 0.15) is 0 Å². The van der Waals surface area contributed by atoms with Gasteiger partial charge >= 0.3 is 12.1 Å². The molecule has 0 radical (unpaired) electrons. The summed E-state index contributed by atoms with van der Waals surface area (Å²) >= 11 is 0. The third-order valence-corrected chi connectivity index (χ3v) is 3.96. The van der Waals surface area contributed by atoms with Crippen molar-refractivity contribution < 1.29 is 23.1 Å². The van der Waals surface area contributed by atoms with Gasteiger partial charge in [-0.3, -0.25) is 4.79 Å². The fourth-order valence-corrected chi connectivity index (χ4v) is 2.97. The molecule has 20 heavy (non-hydrogen) atoms. The molecule has 1 aliphatic carbocycles. The van der Waals surface area contributed by atoms with Crippen molar-refractivity contribution in [3.05, 3.63) is 35.4 Å². The van der Waals surface area contributed by atoms with Crippen LogP contribution in [-0.4, -0.2) is 11.1 Å². The summed E-state index contributed by atoms with van der Waals surface area (Å²) in [4.78, 5) is 10.7. The van der Waals surface area contributed by atoms with Crippen LogP contribution in [0.1, 0.15) is 49.1 Å². The van der Waals surface area contributed by atoms with Crippen LogP contribution in [0.15, 0.2) is 24.3 Å². The molecule has 1 fully saturated rings. The Morgan fingerprint density at radius 3 is 2.40 bits per heavy atom. The van der Waals surface area contributed by atoms with Gasteiger partial charge in [-0.2, -0.15) is 13.2 Å². The summed E-state index contributed by atoms with van der Waals surface area (Å²) in [6.45, 7) is 0. The lowest BCUT2D eigenvalue weighted by atomic mass is 9.77. The first-order valence-electron chi connectivity index (χ1n) is 6.75. The number of rotatable bonds is 3. The average Bonchev–Trinajstić information content (AvgIpc) is 2.37. The van der Waals surface area contributed by atoms with E-state index >= 15 is 0 Å². The zero-order chi connectivity index (χ0) is 14.8. The van der Waals surface area contributed by atoms with Gasteiger partial charge in [-0.25, -0.2) is 0 Å². The highest BCUT2D eigenvalue weighted by molar-refractivity contribution is 5.67. The predicted molar refractivity (Wildman–Crippen MR) is 68.4 cm³/mol. The van der Waals surface area contributed by atoms with Crippen LogP contribution in [0.5, 0.6) is 0 Å². The molecule has 2 rings (SSSR count). The molecule has 0 amide bonds. The molecule has 0 aliphatic heterocycles. The van der Waals surface area contributed by atoms with Crippen molar-refractivity contribution in [2.24, 2.45) is 5.92 Å². The van der Waals surface area contributed by atoms with E-state index in [1.165, 1.54) is 12.1 Å². The minimum absolute atomic E-state index is 0.133. The molecule has 2 nitrogen and oxygen atoms in total. The van der Waals surface area contributed by atoms with Crippen molar-refractivity contribution in [1.29, 1.82) is 0 Å². The zero-order valence-electron chi connectivity index (χ0n) is 11.0. The number of halogens is 3. The Morgan fingerprint density at radius 1 is 1.20 bits per heavy atom. The third kappa shape index (κ3) is 3.74. The van der Waals surface area contributed by atoms with Gasteiger partial charge < -0.3 is 5.11 Å². The van der Waals surface area contributed by atoms with Crippen LogP contribution in [0, 0.1) is 5.92 Å². The van der Waals surface area contributed by atoms with Gasteiger partial charge in [0.2, 0.25) is 0 Å². The number of carbonyl (C=O) groups is 1. The highest BCUT2D eigenvalue weighted by atomic mass is 19.4. The van der Waals surface area contributed by atoms with Crippen molar-refractivity contribution in [3.63, 3.8) is 0 Å². The minimum atomic E-state index is -4.31. The van der Waals surface area contributed by atoms with Crippen LogP contribution in [0.3, 0.4) is 0 Å². The van der Waals surface area contributed by atoms with Crippen molar-refractivity contribution in [2.75, 3.05) is 0 Å².